The van der Waals surface area contributed by atoms with E-state index in [1.54, 1.807) is 31.2 Å². The number of hydrogen-bond acceptors (Lipinski definition) is 4. The number of anilines is 2. The van der Waals surface area contributed by atoms with Crippen molar-refractivity contribution in [1.29, 1.82) is 0 Å². The number of carbonyl (C=O) groups is 2. The van der Waals surface area contributed by atoms with E-state index in [1.807, 2.05) is 19.1 Å². The van der Waals surface area contributed by atoms with Gasteiger partial charge >= 0.3 is 0 Å². The summed E-state index contributed by atoms with van der Waals surface area (Å²) in [5, 5.41) is 6.55. The van der Waals surface area contributed by atoms with Gasteiger partial charge in [0.2, 0.25) is 5.91 Å². The van der Waals surface area contributed by atoms with Crippen LogP contribution in [0.2, 0.25) is 5.02 Å². The van der Waals surface area contributed by atoms with E-state index in [1.165, 1.54) is 11.3 Å². The number of aromatic nitrogens is 1. The lowest BCUT2D eigenvalue weighted by molar-refractivity contribution is -0.115. The van der Waals surface area contributed by atoms with Crippen LogP contribution in [-0.2, 0) is 4.79 Å². The Bertz CT molecular complexity index is 968. The van der Waals surface area contributed by atoms with Crippen LogP contribution in [0.15, 0.2) is 36.4 Å². The normalized spacial score (nSPS) is 10.7. The first-order valence-electron chi connectivity index (χ1n) is 7.74. The lowest BCUT2D eigenvalue weighted by atomic mass is 10.1. The molecule has 0 aliphatic heterocycles. The van der Waals surface area contributed by atoms with Crippen molar-refractivity contribution in [2.45, 2.75) is 20.3 Å². The van der Waals surface area contributed by atoms with Crippen LogP contribution < -0.4 is 10.6 Å². The van der Waals surface area contributed by atoms with Crippen LogP contribution >= 0.6 is 22.9 Å². The van der Waals surface area contributed by atoms with Crippen LogP contribution in [0.3, 0.4) is 0 Å². The number of halogens is 1. The van der Waals surface area contributed by atoms with Gasteiger partial charge in [-0.3, -0.25) is 9.59 Å². The van der Waals surface area contributed by atoms with E-state index in [2.05, 4.69) is 15.6 Å². The molecule has 0 fully saturated rings. The molecular weight excluding hydrogens is 358 g/mol. The molecule has 0 saturated carbocycles. The number of aryl methyl sites for hydroxylation is 1. The number of rotatable bonds is 4. The van der Waals surface area contributed by atoms with Crippen LogP contribution in [-0.4, -0.2) is 16.8 Å². The maximum Gasteiger partial charge on any atom is 0.257 e. The Labute approximate surface area is 154 Å². The smallest absolute Gasteiger partial charge is 0.257 e. The molecule has 0 saturated heterocycles. The minimum atomic E-state index is -0.270. The predicted octanol–water partition coefficient (Wildman–Crippen LogP) is 4.86. The molecule has 0 atom stereocenters. The molecule has 0 unspecified atom stereocenters. The fourth-order valence-electron chi connectivity index (χ4n) is 2.27. The molecule has 2 N–H and O–H groups in total. The second-order valence-corrected chi connectivity index (χ2v) is 6.98. The van der Waals surface area contributed by atoms with Crippen molar-refractivity contribution < 1.29 is 9.59 Å². The Hall–Kier alpha value is -2.44. The molecule has 0 bridgehead atoms. The molecule has 0 aliphatic carbocycles. The fourth-order valence-corrected chi connectivity index (χ4v) is 3.51. The van der Waals surface area contributed by atoms with Crippen molar-refractivity contribution in [2.24, 2.45) is 0 Å². The standard InChI is InChI=1S/C18H16ClN3O2S/c1-3-16(23)22-18-21-14-7-5-11(9-15(14)25-18)20-17(24)12-6-4-10(2)8-13(12)19/h4-9H,3H2,1-2H3,(H,20,24)(H,21,22,23). The Morgan fingerprint density at radius 3 is 2.68 bits per heavy atom. The molecule has 1 heterocycles. The number of fused-ring (bicyclic) bond motifs is 1. The van der Waals surface area contributed by atoms with Crippen molar-refractivity contribution in [1.82, 2.24) is 4.98 Å². The Balaban J connectivity index is 1.81. The summed E-state index contributed by atoms with van der Waals surface area (Å²) >= 11 is 7.50. The number of nitrogens with zero attached hydrogens (tertiary/aromatic N) is 1. The molecule has 128 valence electrons. The van der Waals surface area contributed by atoms with E-state index in [0.717, 1.165) is 15.8 Å². The maximum atomic E-state index is 12.4. The van der Waals surface area contributed by atoms with Crippen molar-refractivity contribution >= 4 is 55.8 Å². The molecule has 7 heteroatoms. The molecule has 0 radical (unpaired) electrons. The van der Waals surface area contributed by atoms with E-state index in [-0.39, 0.29) is 11.8 Å². The topological polar surface area (TPSA) is 71.1 Å². The number of nitrogens with one attached hydrogen (secondary N) is 2. The average molecular weight is 374 g/mol. The Morgan fingerprint density at radius 2 is 1.96 bits per heavy atom. The van der Waals surface area contributed by atoms with Crippen LogP contribution in [0.1, 0.15) is 29.3 Å². The SMILES string of the molecule is CCC(=O)Nc1nc2ccc(NC(=O)c3ccc(C)cc3Cl)cc2s1. The monoisotopic (exact) mass is 373 g/mol. The second-order valence-electron chi connectivity index (χ2n) is 5.54. The van der Waals surface area contributed by atoms with Gasteiger partial charge in [-0.1, -0.05) is 35.9 Å². The molecule has 25 heavy (non-hydrogen) atoms. The summed E-state index contributed by atoms with van der Waals surface area (Å²) in [5.74, 6) is -0.352. The third-order valence-corrected chi connectivity index (χ3v) is 4.83. The number of hydrogen-bond donors (Lipinski definition) is 2. The summed E-state index contributed by atoms with van der Waals surface area (Å²) in [5.41, 5.74) is 2.83. The lowest BCUT2D eigenvalue weighted by Gasteiger charge is -2.07. The predicted molar refractivity (Wildman–Crippen MR) is 103 cm³/mol. The molecular formula is C18H16ClN3O2S. The molecule has 3 rings (SSSR count). The van der Waals surface area contributed by atoms with Gasteiger partial charge in [0.25, 0.3) is 5.91 Å². The van der Waals surface area contributed by atoms with Gasteiger partial charge in [-0.25, -0.2) is 4.98 Å². The van der Waals surface area contributed by atoms with Gasteiger partial charge in [0.05, 0.1) is 20.8 Å². The minimum absolute atomic E-state index is 0.0819. The number of benzene rings is 2. The van der Waals surface area contributed by atoms with E-state index in [4.69, 9.17) is 11.6 Å². The third-order valence-electron chi connectivity index (χ3n) is 3.58. The summed E-state index contributed by atoms with van der Waals surface area (Å²) in [6, 6.07) is 10.7. The summed E-state index contributed by atoms with van der Waals surface area (Å²) in [6.45, 7) is 3.70. The molecule has 5 nitrogen and oxygen atoms in total. The first-order chi connectivity index (χ1) is 12.0. The van der Waals surface area contributed by atoms with Crippen molar-refractivity contribution in [2.75, 3.05) is 10.6 Å². The average Bonchev–Trinajstić information content (AvgIpc) is 2.95. The van der Waals surface area contributed by atoms with Crippen LogP contribution in [0.5, 0.6) is 0 Å². The first kappa shape index (κ1) is 17.4. The fraction of sp³-hybridized carbons (Fsp3) is 0.167. The quantitative estimate of drug-likeness (QED) is 0.686. The minimum Gasteiger partial charge on any atom is -0.322 e. The van der Waals surface area contributed by atoms with E-state index in [9.17, 15) is 9.59 Å². The number of amides is 2. The zero-order chi connectivity index (χ0) is 18.0. The zero-order valence-electron chi connectivity index (χ0n) is 13.7. The van der Waals surface area contributed by atoms with E-state index >= 15 is 0 Å². The highest BCUT2D eigenvalue weighted by atomic mass is 35.5. The highest BCUT2D eigenvalue weighted by molar-refractivity contribution is 7.22. The van der Waals surface area contributed by atoms with Crippen LogP contribution in [0.4, 0.5) is 10.8 Å². The van der Waals surface area contributed by atoms with Crippen molar-refractivity contribution in [3.8, 4) is 0 Å². The molecule has 2 aromatic carbocycles. The van der Waals surface area contributed by atoms with Crippen molar-refractivity contribution in [3.05, 3.63) is 52.5 Å². The second kappa shape index (κ2) is 7.21. The van der Waals surface area contributed by atoms with E-state index < -0.39 is 0 Å². The molecule has 0 spiro atoms. The lowest BCUT2D eigenvalue weighted by Crippen LogP contribution is -2.12. The van der Waals surface area contributed by atoms with Gasteiger partial charge in [-0.2, -0.15) is 0 Å². The Morgan fingerprint density at radius 1 is 1.16 bits per heavy atom. The summed E-state index contributed by atoms with van der Waals surface area (Å²) < 4.78 is 0.874. The number of carbonyl (C=O) groups excluding carboxylic acids is 2. The van der Waals surface area contributed by atoms with Gasteiger partial charge in [-0.15, -0.1) is 0 Å². The molecule has 0 aliphatic rings. The summed E-state index contributed by atoms with van der Waals surface area (Å²) in [4.78, 5) is 28.2. The summed E-state index contributed by atoms with van der Waals surface area (Å²) in [7, 11) is 0. The summed E-state index contributed by atoms with van der Waals surface area (Å²) in [6.07, 6.45) is 0.397. The molecule has 3 aromatic rings. The van der Waals surface area contributed by atoms with E-state index in [0.29, 0.717) is 27.8 Å². The first-order valence-corrected chi connectivity index (χ1v) is 8.93. The van der Waals surface area contributed by atoms with Gasteiger partial charge < -0.3 is 10.6 Å². The maximum absolute atomic E-state index is 12.4. The van der Waals surface area contributed by atoms with Crippen LogP contribution in [0.25, 0.3) is 10.2 Å². The van der Waals surface area contributed by atoms with Crippen molar-refractivity contribution in [3.63, 3.8) is 0 Å². The van der Waals surface area contributed by atoms with Gasteiger partial charge in [0, 0.05) is 12.1 Å². The third kappa shape index (κ3) is 3.97. The molecule has 1 aromatic heterocycles. The van der Waals surface area contributed by atoms with Gasteiger partial charge in [0.1, 0.15) is 0 Å². The molecule has 2 amide bonds. The van der Waals surface area contributed by atoms with Crippen LogP contribution in [0, 0.1) is 6.92 Å². The largest absolute Gasteiger partial charge is 0.322 e. The van der Waals surface area contributed by atoms with Gasteiger partial charge in [-0.05, 0) is 42.8 Å². The van der Waals surface area contributed by atoms with Gasteiger partial charge in [0.15, 0.2) is 5.13 Å². The zero-order valence-corrected chi connectivity index (χ0v) is 15.3. The number of thiazole rings is 1. The highest BCUT2D eigenvalue weighted by Crippen LogP contribution is 2.29. The Kier molecular flexibility index (Phi) is 5.01. The highest BCUT2D eigenvalue weighted by Gasteiger charge is 2.12.